The number of hydrogen-bond acceptors (Lipinski definition) is 5. The Morgan fingerprint density at radius 2 is 2.10 bits per heavy atom. The molecule has 0 bridgehead atoms. The lowest BCUT2D eigenvalue weighted by Gasteiger charge is -2.08. The van der Waals surface area contributed by atoms with E-state index in [1.54, 1.807) is 11.6 Å². The van der Waals surface area contributed by atoms with Gasteiger partial charge in [0.1, 0.15) is 5.51 Å². The number of anilines is 1. The molecule has 6 heteroatoms. The van der Waals surface area contributed by atoms with E-state index in [0.717, 1.165) is 22.2 Å². The molecule has 5 nitrogen and oxygen atoms in total. The van der Waals surface area contributed by atoms with E-state index < -0.39 is 0 Å². The van der Waals surface area contributed by atoms with Crippen LogP contribution in [0.3, 0.4) is 0 Å². The number of carbonyl (C=O) groups is 1. The van der Waals surface area contributed by atoms with Gasteiger partial charge in [0.15, 0.2) is 0 Å². The molecule has 0 aliphatic rings. The molecule has 2 heterocycles. The van der Waals surface area contributed by atoms with Gasteiger partial charge < -0.3 is 0 Å². The predicted octanol–water partition coefficient (Wildman–Crippen LogP) is 2.96. The number of fused-ring (bicyclic) bond motifs is 1. The zero-order valence-corrected chi connectivity index (χ0v) is 11.9. The number of rotatable bonds is 2. The lowest BCUT2D eigenvalue weighted by atomic mass is 10.0. The van der Waals surface area contributed by atoms with Crippen LogP contribution < -0.4 is 5.32 Å². The number of carbonyl (C=O) groups excluding carboxylic acids is 1. The second kappa shape index (κ2) is 4.97. The second-order valence-electron chi connectivity index (χ2n) is 4.53. The van der Waals surface area contributed by atoms with E-state index in [2.05, 4.69) is 20.5 Å². The van der Waals surface area contributed by atoms with Gasteiger partial charge in [-0.2, -0.15) is 0 Å². The van der Waals surface area contributed by atoms with Crippen LogP contribution in [0, 0.1) is 13.8 Å². The van der Waals surface area contributed by atoms with Crippen molar-refractivity contribution in [1.82, 2.24) is 15.2 Å². The number of nitrogens with zero attached hydrogens (tertiary/aromatic N) is 3. The molecule has 0 unspecified atom stereocenters. The SMILES string of the molecule is Cc1ccc2nc(C)cc(C(=O)Nc3nncs3)c2c1. The van der Waals surface area contributed by atoms with Crippen molar-refractivity contribution in [3.05, 3.63) is 46.6 Å². The Bertz CT molecular complexity index is 783. The van der Waals surface area contributed by atoms with Crippen molar-refractivity contribution < 1.29 is 4.79 Å². The molecule has 0 atom stereocenters. The number of nitrogens with one attached hydrogen (secondary N) is 1. The van der Waals surface area contributed by atoms with Crippen molar-refractivity contribution in [3.63, 3.8) is 0 Å². The lowest BCUT2D eigenvalue weighted by molar-refractivity contribution is 0.102. The van der Waals surface area contributed by atoms with Crippen LogP contribution in [-0.2, 0) is 0 Å². The van der Waals surface area contributed by atoms with Crippen LogP contribution in [-0.4, -0.2) is 21.1 Å². The standard InChI is InChI=1S/C14H12N4OS/c1-8-3-4-12-10(5-8)11(6-9(2)16-12)13(19)17-14-18-15-7-20-14/h3-7H,1-2H3,(H,17,18,19). The molecule has 0 radical (unpaired) electrons. The van der Waals surface area contributed by atoms with E-state index in [9.17, 15) is 4.79 Å². The quantitative estimate of drug-likeness (QED) is 0.785. The summed E-state index contributed by atoms with van der Waals surface area (Å²) in [6.07, 6.45) is 0. The molecule has 0 aliphatic heterocycles. The van der Waals surface area contributed by atoms with Gasteiger partial charge in [-0.15, -0.1) is 10.2 Å². The highest BCUT2D eigenvalue weighted by molar-refractivity contribution is 7.13. The third-order valence-electron chi connectivity index (χ3n) is 2.92. The number of amides is 1. The number of aromatic nitrogens is 3. The molecule has 3 aromatic rings. The Balaban J connectivity index is 2.09. The van der Waals surface area contributed by atoms with Crippen LogP contribution in [0.5, 0.6) is 0 Å². The summed E-state index contributed by atoms with van der Waals surface area (Å²) in [7, 11) is 0. The summed E-state index contributed by atoms with van der Waals surface area (Å²) in [6, 6.07) is 7.68. The van der Waals surface area contributed by atoms with Gasteiger partial charge in [0.2, 0.25) is 5.13 Å². The van der Waals surface area contributed by atoms with Gasteiger partial charge in [0, 0.05) is 11.1 Å². The Morgan fingerprint density at radius 1 is 1.25 bits per heavy atom. The van der Waals surface area contributed by atoms with Gasteiger partial charge in [-0.25, -0.2) is 0 Å². The summed E-state index contributed by atoms with van der Waals surface area (Å²) in [5.41, 5.74) is 4.90. The van der Waals surface area contributed by atoms with E-state index in [1.807, 2.05) is 32.0 Å². The highest BCUT2D eigenvalue weighted by Gasteiger charge is 2.13. The molecule has 0 fully saturated rings. The lowest BCUT2D eigenvalue weighted by Crippen LogP contribution is -2.13. The van der Waals surface area contributed by atoms with Crippen molar-refractivity contribution in [2.45, 2.75) is 13.8 Å². The molecule has 0 saturated carbocycles. The summed E-state index contributed by atoms with van der Waals surface area (Å²) < 4.78 is 0. The monoisotopic (exact) mass is 284 g/mol. The molecule has 1 amide bonds. The molecular formula is C14H12N4OS. The minimum absolute atomic E-state index is 0.192. The molecule has 2 aromatic heterocycles. The first kappa shape index (κ1) is 12.7. The number of aryl methyl sites for hydroxylation is 2. The molecule has 1 aromatic carbocycles. The number of hydrogen-bond donors (Lipinski definition) is 1. The molecule has 0 spiro atoms. The van der Waals surface area contributed by atoms with Crippen LogP contribution in [0.2, 0.25) is 0 Å². The predicted molar refractivity (Wildman–Crippen MR) is 79.1 cm³/mol. The van der Waals surface area contributed by atoms with Crippen LogP contribution in [0.4, 0.5) is 5.13 Å². The third-order valence-corrected chi connectivity index (χ3v) is 3.52. The Labute approximate surface area is 119 Å². The van der Waals surface area contributed by atoms with Crippen LogP contribution >= 0.6 is 11.3 Å². The van der Waals surface area contributed by atoms with E-state index >= 15 is 0 Å². The van der Waals surface area contributed by atoms with Crippen molar-refractivity contribution in [2.75, 3.05) is 5.32 Å². The molecule has 100 valence electrons. The van der Waals surface area contributed by atoms with Gasteiger partial charge in [0.05, 0.1) is 11.1 Å². The maximum atomic E-state index is 12.4. The minimum atomic E-state index is -0.192. The van der Waals surface area contributed by atoms with Crippen molar-refractivity contribution in [3.8, 4) is 0 Å². The van der Waals surface area contributed by atoms with E-state index in [4.69, 9.17) is 0 Å². The summed E-state index contributed by atoms with van der Waals surface area (Å²) >= 11 is 1.29. The molecule has 0 saturated heterocycles. The highest BCUT2D eigenvalue weighted by atomic mass is 32.1. The molecule has 0 aliphatic carbocycles. The first-order chi connectivity index (χ1) is 9.63. The first-order valence-corrected chi connectivity index (χ1v) is 6.97. The van der Waals surface area contributed by atoms with Crippen LogP contribution in [0.1, 0.15) is 21.6 Å². The van der Waals surface area contributed by atoms with E-state index in [-0.39, 0.29) is 5.91 Å². The molecule has 20 heavy (non-hydrogen) atoms. The normalized spacial score (nSPS) is 10.7. The van der Waals surface area contributed by atoms with E-state index in [1.165, 1.54) is 11.3 Å². The zero-order chi connectivity index (χ0) is 14.1. The molecule has 1 N–H and O–H groups in total. The van der Waals surface area contributed by atoms with Gasteiger partial charge in [0.25, 0.3) is 5.91 Å². The van der Waals surface area contributed by atoms with Crippen LogP contribution in [0.15, 0.2) is 29.8 Å². The van der Waals surface area contributed by atoms with E-state index in [0.29, 0.717) is 10.7 Å². The fourth-order valence-corrected chi connectivity index (χ4v) is 2.49. The summed E-state index contributed by atoms with van der Waals surface area (Å²) in [4.78, 5) is 16.8. The van der Waals surface area contributed by atoms with Crippen molar-refractivity contribution in [2.24, 2.45) is 0 Å². The molecule has 3 rings (SSSR count). The van der Waals surface area contributed by atoms with Gasteiger partial charge >= 0.3 is 0 Å². The van der Waals surface area contributed by atoms with Crippen molar-refractivity contribution >= 4 is 33.3 Å². The maximum Gasteiger partial charge on any atom is 0.258 e. The average molecular weight is 284 g/mol. The van der Waals surface area contributed by atoms with Crippen LogP contribution in [0.25, 0.3) is 10.9 Å². The Hall–Kier alpha value is -2.34. The second-order valence-corrected chi connectivity index (χ2v) is 5.36. The van der Waals surface area contributed by atoms with Crippen molar-refractivity contribution in [1.29, 1.82) is 0 Å². The first-order valence-electron chi connectivity index (χ1n) is 6.09. The maximum absolute atomic E-state index is 12.4. The average Bonchev–Trinajstić information content (AvgIpc) is 2.91. The Morgan fingerprint density at radius 3 is 2.85 bits per heavy atom. The topological polar surface area (TPSA) is 67.8 Å². The summed E-state index contributed by atoms with van der Waals surface area (Å²) in [5.74, 6) is -0.192. The summed E-state index contributed by atoms with van der Waals surface area (Å²) in [6.45, 7) is 3.87. The third kappa shape index (κ3) is 2.37. The fourth-order valence-electron chi connectivity index (χ4n) is 2.05. The van der Waals surface area contributed by atoms with Gasteiger partial charge in [-0.05, 0) is 32.0 Å². The fraction of sp³-hybridized carbons (Fsp3) is 0.143. The highest BCUT2D eigenvalue weighted by Crippen LogP contribution is 2.21. The molecular weight excluding hydrogens is 272 g/mol. The Kier molecular flexibility index (Phi) is 3.15. The number of benzene rings is 1. The largest absolute Gasteiger partial charge is 0.296 e. The van der Waals surface area contributed by atoms with Gasteiger partial charge in [-0.3, -0.25) is 15.1 Å². The number of pyridine rings is 1. The van der Waals surface area contributed by atoms with Gasteiger partial charge in [-0.1, -0.05) is 23.0 Å². The zero-order valence-electron chi connectivity index (χ0n) is 11.0. The smallest absolute Gasteiger partial charge is 0.258 e. The minimum Gasteiger partial charge on any atom is -0.296 e. The summed E-state index contributed by atoms with van der Waals surface area (Å²) in [5, 5.41) is 11.6.